The van der Waals surface area contributed by atoms with Crippen molar-refractivity contribution >= 4 is 35.5 Å². The van der Waals surface area contributed by atoms with Crippen LogP contribution in [0.3, 0.4) is 0 Å². The van der Waals surface area contributed by atoms with E-state index in [2.05, 4.69) is 4.74 Å². The summed E-state index contributed by atoms with van der Waals surface area (Å²) in [5.41, 5.74) is 3.18. The van der Waals surface area contributed by atoms with Gasteiger partial charge in [0.15, 0.2) is 0 Å². The van der Waals surface area contributed by atoms with Gasteiger partial charge < -0.3 is 29.4 Å². The van der Waals surface area contributed by atoms with E-state index < -0.39 is 65.2 Å². The average molecular weight is 474 g/mol. The number of nitrogens with two attached hydrogens (primary N) is 1. The fourth-order valence-corrected chi connectivity index (χ4v) is 4.09. The Balaban J connectivity index is 2.46. The maximum atomic E-state index is 14.1. The Labute approximate surface area is 193 Å². The molecule has 2 aliphatic rings. The Morgan fingerprint density at radius 1 is 0.912 bits per heavy atom. The second-order valence-electron chi connectivity index (χ2n) is 7.11. The molecule has 1 aromatic carbocycles. The highest BCUT2D eigenvalue weighted by Crippen LogP contribution is 2.54. The van der Waals surface area contributed by atoms with Gasteiger partial charge in [-0.3, -0.25) is 19.3 Å². The third kappa shape index (κ3) is 3.52. The smallest absolute Gasteiger partial charge is 0.340 e. The number of fused-ring (bicyclic) bond motifs is 2. The molecule has 1 aromatic rings. The number of amides is 1. The van der Waals surface area contributed by atoms with Gasteiger partial charge in [-0.25, -0.2) is 9.59 Å². The number of esters is 4. The fraction of sp³-hybridized carbons (Fsp3) is 0.318. The van der Waals surface area contributed by atoms with Gasteiger partial charge in [0.25, 0.3) is 0 Å². The molecule has 2 N–H and O–H groups in total. The van der Waals surface area contributed by atoms with Crippen molar-refractivity contribution in [2.45, 2.75) is 11.8 Å². The number of para-hydroxylation sites is 1. The van der Waals surface area contributed by atoms with Gasteiger partial charge in [-0.1, -0.05) is 18.2 Å². The van der Waals surface area contributed by atoms with Crippen molar-refractivity contribution < 1.29 is 47.7 Å². The summed E-state index contributed by atoms with van der Waals surface area (Å²) in [6.07, 6.45) is -0.607. The normalized spacial score (nSPS) is 18.9. The first-order chi connectivity index (χ1) is 16.2. The Bertz CT molecular complexity index is 1150. The van der Waals surface area contributed by atoms with Crippen molar-refractivity contribution in [3.63, 3.8) is 0 Å². The molecule has 1 spiro atoms. The van der Waals surface area contributed by atoms with Crippen LogP contribution in [-0.2, 0) is 53.1 Å². The Morgan fingerprint density at radius 2 is 1.50 bits per heavy atom. The van der Waals surface area contributed by atoms with E-state index in [1.807, 2.05) is 0 Å². The van der Waals surface area contributed by atoms with Crippen molar-refractivity contribution in [3.8, 4) is 0 Å². The number of carbonyl (C=O) groups excluding carboxylic acids is 5. The SMILES string of the molecule is COC(=O)CC1=C(C(=O)OC)[C@@]2(C(=O)N(CC(=O)OC)c3ccccc32)C(C(=O)OC)=C(N)O1. The molecule has 12 nitrogen and oxygen atoms in total. The van der Waals surface area contributed by atoms with Gasteiger partial charge in [-0.2, -0.15) is 0 Å². The molecule has 12 heteroatoms. The average Bonchev–Trinajstić information content (AvgIpc) is 3.06. The van der Waals surface area contributed by atoms with Gasteiger partial charge in [-0.15, -0.1) is 0 Å². The highest BCUT2D eigenvalue weighted by molar-refractivity contribution is 6.23. The van der Waals surface area contributed by atoms with Crippen LogP contribution in [0.15, 0.2) is 47.1 Å². The van der Waals surface area contributed by atoms with E-state index in [9.17, 15) is 24.0 Å². The number of anilines is 1. The molecule has 1 atom stereocenters. The Kier molecular flexibility index (Phi) is 6.61. The first-order valence-electron chi connectivity index (χ1n) is 9.82. The zero-order valence-corrected chi connectivity index (χ0v) is 18.8. The van der Waals surface area contributed by atoms with E-state index in [0.29, 0.717) is 0 Å². The number of methoxy groups -OCH3 is 4. The molecule has 0 bridgehead atoms. The molecule has 0 aliphatic carbocycles. The summed E-state index contributed by atoms with van der Waals surface area (Å²) in [6.45, 7) is -0.538. The lowest BCUT2D eigenvalue weighted by Gasteiger charge is -2.36. The summed E-state index contributed by atoms with van der Waals surface area (Å²) in [5, 5.41) is 0. The minimum Gasteiger partial charge on any atom is -0.469 e. The first kappa shape index (κ1) is 24.3. The Morgan fingerprint density at radius 3 is 2.09 bits per heavy atom. The second-order valence-corrected chi connectivity index (χ2v) is 7.11. The van der Waals surface area contributed by atoms with Crippen LogP contribution in [0.4, 0.5) is 5.69 Å². The summed E-state index contributed by atoms with van der Waals surface area (Å²) in [6, 6.07) is 6.15. The van der Waals surface area contributed by atoms with Crippen molar-refractivity contribution in [1.29, 1.82) is 0 Å². The third-order valence-electron chi connectivity index (χ3n) is 5.50. The van der Waals surface area contributed by atoms with Crippen LogP contribution in [0, 0.1) is 0 Å². The molecule has 3 rings (SSSR count). The number of benzene rings is 1. The summed E-state index contributed by atoms with van der Waals surface area (Å²) in [4.78, 5) is 65.4. The molecule has 1 amide bonds. The van der Waals surface area contributed by atoms with Crippen molar-refractivity contribution in [2.24, 2.45) is 5.73 Å². The lowest BCUT2D eigenvalue weighted by atomic mass is 9.67. The van der Waals surface area contributed by atoms with Crippen molar-refractivity contribution in [1.82, 2.24) is 0 Å². The van der Waals surface area contributed by atoms with E-state index >= 15 is 0 Å². The lowest BCUT2D eigenvalue weighted by Crippen LogP contribution is -2.51. The third-order valence-corrected chi connectivity index (χ3v) is 5.50. The monoisotopic (exact) mass is 474 g/mol. The molecule has 180 valence electrons. The lowest BCUT2D eigenvalue weighted by molar-refractivity contribution is -0.142. The van der Waals surface area contributed by atoms with Crippen LogP contribution in [0.1, 0.15) is 12.0 Å². The highest BCUT2D eigenvalue weighted by Gasteiger charge is 2.64. The largest absolute Gasteiger partial charge is 0.469 e. The van der Waals surface area contributed by atoms with E-state index in [1.165, 1.54) is 12.1 Å². The van der Waals surface area contributed by atoms with Crippen LogP contribution < -0.4 is 10.6 Å². The number of hydrogen-bond acceptors (Lipinski definition) is 11. The topological polar surface area (TPSA) is 161 Å². The molecule has 0 radical (unpaired) electrons. The number of ether oxygens (including phenoxy) is 5. The molecule has 0 saturated carbocycles. The Hall–Kier alpha value is -4.35. The van der Waals surface area contributed by atoms with Gasteiger partial charge in [0, 0.05) is 11.3 Å². The van der Waals surface area contributed by atoms with Crippen molar-refractivity contribution in [2.75, 3.05) is 39.9 Å². The molecule has 2 heterocycles. The summed E-state index contributed by atoms with van der Waals surface area (Å²) in [5.74, 6) is -5.54. The fourth-order valence-electron chi connectivity index (χ4n) is 4.09. The number of rotatable bonds is 6. The van der Waals surface area contributed by atoms with Crippen LogP contribution in [-0.4, -0.2) is 64.8 Å². The molecule has 0 aromatic heterocycles. The van der Waals surface area contributed by atoms with Crippen LogP contribution in [0.5, 0.6) is 0 Å². The molecular formula is C22H22N2O10. The maximum Gasteiger partial charge on any atom is 0.340 e. The van der Waals surface area contributed by atoms with Crippen LogP contribution >= 0.6 is 0 Å². The standard InChI is InChI=1S/C22H22N2O10/c1-30-14(25)9-13-16(19(27)32-3)22(17(18(23)34-13)20(28)33-4)11-7-5-6-8-12(11)24(21(22)29)10-15(26)31-2/h5-8H,9-10,23H2,1-4H3/t22-/m1/s1. The van der Waals surface area contributed by atoms with E-state index in [-0.39, 0.29) is 17.0 Å². The molecule has 34 heavy (non-hydrogen) atoms. The van der Waals surface area contributed by atoms with Gasteiger partial charge in [-0.05, 0) is 6.07 Å². The zero-order chi connectivity index (χ0) is 25.2. The van der Waals surface area contributed by atoms with Gasteiger partial charge in [0.05, 0.1) is 28.4 Å². The quantitative estimate of drug-likeness (QED) is 0.430. The summed E-state index contributed by atoms with van der Waals surface area (Å²) >= 11 is 0. The number of hydrogen-bond donors (Lipinski definition) is 1. The molecule has 0 fully saturated rings. The van der Waals surface area contributed by atoms with E-state index in [1.54, 1.807) is 12.1 Å². The number of carbonyl (C=O) groups is 5. The molecular weight excluding hydrogens is 452 g/mol. The minimum atomic E-state index is -2.24. The second kappa shape index (κ2) is 9.25. The number of nitrogens with zero attached hydrogens (tertiary/aromatic N) is 1. The zero-order valence-electron chi connectivity index (χ0n) is 18.8. The minimum absolute atomic E-state index is 0.123. The first-order valence-corrected chi connectivity index (χ1v) is 9.82. The summed E-state index contributed by atoms with van der Waals surface area (Å²) < 4.78 is 24.6. The maximum absolute atomic E-state index is 14.1. The highest BCUT2D eigenvalue weighted by atomic mass is 16.5. The molecule has 2 aliphatic heterocycles. The summed E-state index contributed by atoms with van der Waals surface area (Å²) in [7, 11) is 4.37. The van der Waals surface area contributed by atoms with Crippen LogP contribution in [0.2, 0.25) is 0 Å². The van der Waals surface area contributed by atoms with Gasteiger partial charge in [0.2, 0.25) is 11.8 Å². The predicted molar refractivity (Wildman–Crippen MR) is 112 cm³/mol. The van der Waals surface area contributed by atoms with E-state index in [0.717, 1.165) is 33.3 Å². The van der Waals surface area contributed by atoms with E-state index in [4.69, 9.17) is 24.7 Å². The van der Waals surface area contributed by atoms with Crippen LogP contribution in [0.25, 0.3) is 0 Å². The van der Waals surface area contributed by atoms with Crippen molar-refractivity contribution in [3.05, 3.63) is 52.6 Å². The van der Waals surface area contributed by atoms with Gasteiger partial charge >= 0.3 is 23.9 Å². The predicted octanol–water partition coefficient (Wildman–Crippen LogP) is -0.192. The molecule has 0 saturated heterocycles. The molecule has 0 unspecified atom stereocenters. The van der Waals surface area contributed by atoms with Gasteiger partial charge in [0.1, 0.15) is 35.3 Å².